The van der Waals surface area contributed by atoms with Crippen molar-refractivity contribution in [3.8, 4) is 16.5 Å². The fourth-order valence-corrected chi connectivity index (χ4v) is 5.22. The lowest BCUT2D eigenvalue weighted by atomic mass is 9.92. The van der Waals surface area contributed by atoms with Crippen LogP contribution in [0.4, 0.5) is 6.01 Å². The monoisotopic (exact) mass is 518 g/mol. The topological polar surface area (TPSA) is 142 Å². The average molecular weight is 519 g/mol. The van der Waals surface area contributed by atoms with Crippen LogP contribution in [-0.4, -0.2) is 68.6 Å². The predicted molar refractivity (Wildman–Crippen MR) is 128 cm³/mol. The molecule has 1 fully saturated rings. The largest absolute Gasteiger partial charge is 0.466 e. The lowest BCUT2D eigenvalue weighted by Crippen LogP contribution is -2.38. The van der Waals surface area contributed by atoms with E-state index >= 15 is 0 Å². The molecule has 1 aliphatic heterocycles. The van der Waals surface area contributed by atoms with Gasteiger partial charge in [0.1, 0.15) is 6.10 Å². The Hall–Kier alpha value is -3.13. The van der Waals surface area contributed by atoms with Gasteiger partial charge in [0, 0.05) is 43.2 Å². The molecule has 5 rings (SSSR count). The number of hydrogen-bond donors (Lipinski definition) is 0. The molecule has 0 aromatic carbocycles. The summed E-state index contributed by atoms with van der Waals surface area (Å²) in [7, 11) is -3.45. The van der Waals surface area contributed by atoms with Gasteiger partial charge in [-0.25, -0.2) is 27.9 Å². The molecular weight excluding hydrogens is 492 g/mol. The molecule has 1 atom stereocenters. The number of piperidine rings is 1. The SMILES string of the molecule is CC(C)c1noc(N2CCC([C@H](C)Oc3nn4cc(-c5cnc(S(C)(=O)=O)nc5)nc4s3)CC2)n1. The zero-order valence-corrected chi connectivity index (χ0v) is 21.5. The number of fused-ring (bicyclic) bond motifs is 1. The summed E-state index contributed by atoms with van der Waals surface area (Å²) in [5.41, 5.74) is 1.22. The van der Waals surface area contributed by atoms with Crippen molar-refractivity contribution in [1.29, 1.82) is 0 Å². The molecule has 35 heavy (non-hydrogen) atoms. The van der Waals surface area contributed by atoms with Gasteiger partial charge in [-0.15, -0.1) is 5.10 Å². The smallest absolute Gasteiger partial charge is 0.324 e. The van der Waals surface area contributed by atoms with Crippen molar-refractivity contribution in [1.82, 2.24) is 34.7 Å². The van der Waals surface area contributed by atoms with Crippen LogP contribution in [0.1, 0.15) is 45.4 Å². The van der Waals surface area contributed by atoms with Crippen molar-refractivity contribution < 1.29 is 17.7 Å². The summed E-state index contributed by atoms with van der Waals surface area (Å²) in [6.07, 6.45) is 7.61. The summed E-state index contributed by atoms with van der Waals surface area (Å²) < 4.78 is 36.3. The zero-order valence-electron chi connectivity index (χ0n) is 19.8. The Bertz CT molecular complexity index is 1390. The number of hydrogen-bond acceptors (Lipinski definition) is 12. The van der Waals surface area contributed by atoms with Crippen LogP contribution in [0.2, 0.25) is 0 Å². The van der Waals surface area contributed by atoms with Crippen LogP contribution >= 0.6 is 11.3 Å². The summed E-state index contributed by atoms with van der Waals surface area (Å²) >= 11 is 1.35. The average Bonchev–Trinajstić information content (AvgIpc) is 3.54. The Morgan fingerprint density at radius 1 is 1.14 bits per heavy atom. The molecule has 0 bridgehead atoms. The van der Waals surface area contributed by atoms with Gasteiger partial charge in [-0.05, 0) is 37.0 Å². The molecule has 0 radical (unpaired) electrons. The van der Waals surface area contributed by atoms with Crippen molar-refractivity contribution >= 4 is 32.1 Å². The highest BCUT2D eigenvalue weighted by Crippen LogP contribution is 2.30. The van der Waals surface area contributed by atoms with Crippen molar-refractivity contribution in [2.45, 2.75) is 50.8 Å². The highest BCUT2D eigenvalue weighted by molar-refractivity contribution is 7.90. The minimum Gasteiger partial charge on any atom is -0.466 e. The van der Waals surface area contributed by atoms with Crippen molar-refractivity contribution in [2.24, 2.45) is 5.92 Å². The van der Waals surface area contributed by atoms with E-state index in [2.05, 4.69) is 42.0 Å². The molecule has 1 aliphatic rings. The number of rotatable bonds is 7. The highest BCUT2D eigenvalue weighted by Gasteiger charge is 2.28. The molecular formula is C21H26N8O4S2. The lowest BCUT2D eigenvalue weighted by Gasteiger charge is -2.33. The van der Waals surface area contributed by atoms with E-state index in [1.165, 1.54) is 23.7 Å². The lowest BCUT2D eigenvalue weighted by molar-refractivity contribution is 0.130. The molecule has 0 unspecified atom stereocenters. The molecule has 5 heterocycles. The van der Waals surface area contributed by atoms with E-state index in [4.69, 9.17) is 9.26 Å². The van der Waals surface area contributed by atoms with Gasteiger partial charge in [-0.2, -0.15) is 4.98 Å². The molecule has 14 heteroatoms. The van der Waals surface area contributed by atoms with Crippen LogP contribution in [0.3, 0.4) is 0 Å². The zero-order chi connectivity index (χ0) is 24.7. The molecule has 0 aliphatic carbocycles. The number of anilines is 1. The van der Waals surface area contributed by atoms with Crippen molar-refractivity contribution in [3.63, 3.8) is 0 Å². The summed E-state index contributed by atoms with van der Waals surface area (Å²) in [5.74, 6) is 1.35. The third-order valence-corrected chi connectivity index (χ3v) is 7.68. The van der Waals surface area contributed by atoms with E-state index < -0.39 is 9.84 Å². The molecule has 4 aromatic rings. The van der Waals surface area contributed by atoms with Crippen LogP contribution in [0.15, 0.2) is 28.3 Å². The Balaban J connectivity index is 1.19. The van der Waals surface area contributed by atoms with Gasteiger partial charge in [-0.3, -0.25) is 0 Å². The predicted octanol–water partition coefficient (Wildman–Crippen LogP) is 2.84. The first-order valence-electron chi connectivity index (χ1n) is 11.3. The Kier molecular flexibility index (Phi) is 6.17. The molecule has 12 nitrogen and oxygen atoms in total. The normalized spacial score (nSPS) is 16.3. The van der Waals surface area contributed by atoms with Gasteiger partial charge in [0.2, 0.25) is 20.0 Å². The molecule has 0 saturated carbocycles. The third-order valence-electron chi connectivity index (χ3n) is 5.99. The van der Waals surface area contributed by atoms with E-state index in [1.807, 2.05) is 13.8 Å². The van der Waals surface area contributed by atoms with E-state index in [0.717, 1.165) is 38.0 Å². The molecule has 4 aromatic heterocycles. The van der Waals surface area contributed by atoms with Crippen molar-refractivity contribution in [2.75, 3.05) is 24.2 Å². The fourth-order valence-electron chi connectivity index (χ4n) is 3.91. The Morgan fingerprint density at radius 3 is 2.46 bits per heavy atom. The maximum absolute atomic E-state index is 11.5. The van der Waals surface area contributed by atoms with E-state index in [1.54, 1.807) is 10.7 Å². The maximum atomic E-state index is 11.5. The number of ether oxygens (including phenoxy) is 1. The maximum Gasteiger partial charge on any atom is 0.324 e. The molecule has 0 amide bonds. The minimum atomic E-state index is -3.45. The Labute approximate surface area is 206 Å². The van der Waals surface area contributed by atoms with E-state index in [0.29, 0.717) is 33.3 Å². The number of imidazole rings is 1. The summed E-state index contributed by atoms with van der Waals surface area (Å²) in [6.45, 7) is 7.83. The molecule has 1 saturated heterocycles. The molecule has 0 N–H and O–H groups in total. The van der Waals surface area contributed by atoms with E-state index in [-0.39, 0.29) is 17.2 Å². The second-order valence-electron chi connectivity index (χ2n) is 8.99. The van der Waals surface area contributed by atoms with Gasteiger partial charge >= 0.3 is 6.01 Å². The van der Waals surface area contributed by atoms with Crippen LogP contribution < -0.4 is 9.64 Å². The summed E-state index contributed by atoms with van der Waals surface area (Å²) in [6, 6.07) is 0.592. The molecule has 186 valence electrons. The molecule has 0 spiro atoms. The van der Waals surface area contributed by atoms with Crippen LogP contribution in [0.5, 0.6) is 5.19 Å². The van der Waals surface area contributed by atoms with Gasteiger partial charge in [-0.1, -0.05) is 19.0 Å². The second kappa shape index (κ2) is 9.15. The van der Waals surface area contributed by atoms with Gasteiger partial charge in [0.15, 0.2) is 5.82 Å². The van der Waals surface area contributed by atoms with Crippen molar-refractivity contribution in [3.05, 3.63) is 24.4 Å². The number of aromatic nitrogens is 7. The van der Waals surface area contributed by atoms with E-state index in [9.17, 15) is 8.42 Å². The first-order chi connectivity index (χ1) is 16.7. The van der Waals surface area contributed by atoms with Gasteiger partial charge in [0.25, 0.3) is 5.19 Å². The summed E-state index contributed by atoms with van der Waals surface area (Å²) in [5, 5.41) is 8.90. The second-order valence-corrected chi connectivity index (χ2v) is 11.8. The van der Waals surface area contributed by atoms with Gasteiger partial charge in [0.05, 0.1) is 11.9 Å². The number of nitrogens with zero attached hydrogens (tertiary/aromatic N) is 8. The first kappa shape index (κ1) is 23.6. The quantitative estimate of drug-likeness (QED) is 0.333. The standard InChI is InChI=1S/C21H26N8O4S2/c1-12(2)17-25-19(33-27-17)28-7-5-14(6-8-28)13(3)32-21-26-29-11-16(24-20(29)34-21)15-9-22-18(23-10-15)35(4,30)31/h9-14H,5-8H2,1-4H3/t13-/m0/s1. The summed E-state index contributed by atoms with van der Waals surface area (Å²) in [4.78, 5) is 19.7. The van der Waals surface area contributed by atoms with Crippen LogP contribution in [-0.2, 0) is 9.84 Å². The Morgan fingerprint density at radius 2 is 1.86 bits per heavy atom. The fraction of sp³-hybridized carbons (Fsp3) is 0.524. The van der Waals surface area contributed by atoms with Gasteiger partial charge < -0.3 is 14.2 Å². The minimum absolute atomic E-state index is 0.00155. The number of sulfone groups is 1. The van der Waals surface area contributed by atoms with Crippen LogP contribution in [0.25, 0.3) is 16.2 Å². The first-order valence-corrected chi connectivity index (χ1v) is 14.0. The highest BCUT2D eigenvalue weighted by atomic mass is 32.2. The third kappa shape index (κ3) is 4.98. The van der Waals surface area contributed by atoms with Crippen LogP contribution in [0, 0.1) is 5.92 Å².